The van der Waals surface area contributed by atoms with Crippen LogP contribution in [0.2, 0.25) is 0 Å². The Hall–Kier alpha value is -2.01. The molecule has 5 heteroatoms. The van der Waals surface area contributed by atoms with E-state index in [2.05, 4.69) is 10.0 Å². The molecule has 0 amide bonds. The first kappa shape index (κ1) is 15.4. The van der Waals surface area contributed by atoms with Crippen LogP contribution in [0.15, 0.2) is 53.4 Å². The average molecular weight is 304 g/mol. The first-order valence-electron chi connectivity index (χ1n) is 6.95. The maximum absolute atomic E-state index is 12.5. The molecule has 0 atom stereocenters. The Balaban J connectivity index is 2.31. The quantitative estimate of drug-likeness (QED) is 0.857. The van der Waals surface area contributed by atoms with E-state index in [0.29, 0.717) is 11.4 Å². The molecule has 2 rings (SSSR count). The van der Waals surface area contributed by atoms with Crippen LogP contribution in [-0.4, -0.2) is 15.0 Å². The molecule has 0 unspecified atom stereocenters. The van der Waals surface area contributed by atoms with Crippen molar-refractivity contribution in [3.63, 3.8) is 0 Å². The zero-order chi connectivity index (χ0) is 15.3. The van der Waals surface area contributed by atoms with Gasteiger partial charge in [-0.1, -0.05) is 31.2 Å². The van der Waals surface area contributed by atoms with Crippen LogP contribution in [0.25, 0.3) is 0 Å². The van der Waals surface area contributed by atoms with Gasteiger partial charge in [0.2, 0.25) is 0 Å². The monoisotopic (exact) mass is 304 g/mol. The fourth-order valence-electron chi connectivity index (χ4n) is 2.03. The lowest BCUT2D eigenvalue weighted by Gasteiger charge is -2.13. The molecule has 0 heterocycles. The molecule has 0 aromatic heterocycles. The lowest BCUT2D eigenvalue weighted by Crippen LogP contribution is -2.15. The highest BCUT2D eigenvalue weighted by molar-refractivity contribution is 7.92. The van der Waals surface area contributed by atoms with Crippen LogP contribution in [-0.2, 0) is 10.0 Å². The van der Waals surface area contributed by atoms with Crippen LogP contribution in [0.3, 0.4) is 0 Å². The summed E-state index contributed by atoms with van der Waals surface area (Å²) in [4.78, 5) is 0.264. The minimum Gasteiger partial charge on any atom is -0.384 e. The van der Waals surface area contributed by atoms with Crippen LogP contribution in [0.5, 0.6) is 0 Å². The largest absolute Gasteiger partial charge is 0.384 e. The van der Waals surface area contributed by atoms with E-state index in [1.54, 1.807) is 30.3 Å². The third-order valence-corrected chi connectivity index (χ3v) is 4.45. The third kappa shape index (κ3) is 3.98. The molecule has 21 heavy (non-hydrogen) atoms. The van der Waals surface area contributed by atoms with Gasteiger partial charge in [-0.25, -0.2) is 8.42 Å². The summed E-state index contributed by atoms with van der Waals surface area (Å²) in [5.74, 6) is 0. The number of sulfonamides is 1. The van der Waals surface area contributed by atoms with Gasteiger partial charge >= 0.3 is 0 Å². The molecular formula is C16H20N2O2S. The van der Waals surface area contributed by atoms with Crippen molar-refractivity contribution in [2.24, 2.45) is 0 Å². The second kappa shape index (κ2) is 6.63. The summed E-state index contributed by atoms with van der Waals surface area (Å²) in [6.07, 6.45) is 0.930. The Morgan fingerprint density at radius 1 is 1.05 bits per heavy atom. The molecule has 0 aliphatic heterocycles. The van der Waals surface area contributed by atoms with Crippen molar-refractivity contribution in [2.45, 2.75) is 25.2 Å². The summed E-state index contributed by atoms with van der Waals surface area (Å²) in [5, 5.41) is 3.15. The molecule has 0 fully saturated rings. The zero-order valence-corrected chi connectivity index (χ0v) is 13.1. The Morgan fingerprint density at radius 2 is 1.81 bits per heavy atom. The number of hydrogen-bond donors (Lipinski definition) is 2. The van der Waals surface area contributed by atoms with Crippen LogP contribution in [0, 0.1) is 6.92 Å². The van der Waals surface area contributed by atoms with Crippen molar-refractivity contribution in [1.82, 2.24) is 0 Å². The van der Waals surface area contributed by atoms with Gasteiger partial charge in [-0.2, -0.15) is 0 Å². The number of nitrogens with one attached hydrogen (secondary N) is 2. The zero-order valence-electron chi connectivity index (χ0n) is 12.3. The fraction of sp³-hybridized carbons (Fsp3) is 0.250. The third-order valence-electron chi connectivity index (χ3n) is 3.01. The van der Waals surface area contributed by atoms with Gasteiger partial charge < -0.3 is 5.32 Å². The summed E-state index contributed by atoms with van der Waals surface area (Å²) in [5.41, 5.74) is 2.20. The van der Waals surface area contributed by atoms with Gasteiger partial charge in [0.15, 0.2) is 0 Å². The van der Waals surface area contributed by atoms with E-state index in [4.69, 9.17) is 0 Å². The van der Waals surface area contributed by atoms with Crippen molar-refractivity contribution in [3.8, 4) is 0 Å². The van der Waals surface area contributed by atoms with E-state index >= 15 is 0 Å². The van der Waals surface area contributed by atoms with Crippen LogP contribution < -0.4 is 10.0 Å². The molecule has 112 valence electrons. The molecule has 4 nitrogen and oxygen atoms in total. The maximum atomic E-state index is 12.5. The van der Waals surface area contributed by atoms with E-state index in [1.807, 2.05) is 32.0 Å². The van der Waals surface area contributed by atoms with Crippen molar-refractivity contribution < 1.29 is 8.42 Å². The Labute approximate surface area is 126 Å². The maximum Gasteiger partial charge on any atom is 0.263 e. The highest BCUT2D eigenvalue weighted by atomic mass is 32.2. The van der Waals surface area contributed by atoms with E-state index in [0.717, 1.165) is 18.5 Å². The molecule has 0 aliphatic rings. The SMILES string of the molecule is CCCNc1ccccc1S(=O)(=O)Nc1cccc(C)c1. The molecule has 0 aliphatic carbocycles. The van der Waals surface area contributed by atoms with Gasteiger partial charge in [0, 0.05) is 12.2 Å². The first-order chi connectivity index (χ1) is 10.0. The molecule has 2 N–H and O–H groups in total. The predicted octanol–water partition coefficient (Wildman–Crippen LogP) is 3.62. The highest BCUT2D eigenvalue weighted by Gasteiger charge is 2.18. The van der Waals surface area contributed by atoms with Crippen LogP contribution in [0.1, 0.15) is 18.9 Å². The van der Waals surface area contributed by atoms with Crippen LogP contribution in [0.4, 0.5) is 11.4 Å². The predicted molar refractivity (Wildman–Crippen MR) is 87.2 cm³/mol. The Kier molecular flexibility index (Phi) is 4.85. The minimum absolute atomic E-state index is 0.264. The summed E-state index contributed by atoms with van der Waals surface area (Å²) < 4.78 is 27.7. The Morgan fingerprint density at radius 3 is 2.52 bits per heavy atom. The molecule has 0 saturated carbocycles. The number of para-hydroxylation sites is 1. The lowest BCUT2D eigenvalue weighted by atomic mass is 10.2. The van der Waals surface area contributed by atoms with Crippen LogP contribution >= 0.6 is 0 Å². The lowest BCUT2D eigenvalue weighted by molar-refractivity contribution is 0.601. The van der Waals surface area contributed by atoms with Gasteiger partial charge in [0.1, 0.15) is 4.90 Å². The van der Waals surface area contributed by atoms with Crippen molar-refractivity contribution in [2.75, 3.05) is 16.6 Å². The summed E-state index contributed by atoms with van der Waals surface area (Å²) in [6.45, 7) is 4.70. The summed E-state index contributed by atoms with van der Waals surface area (Å²) in [7, 11) is -3.60. The molecular weight excluding hydrogens is 284 g/mol. The normalized spacial score (nSPS) is 11.1. The topological polar surface area (TPSA) is 58.2 Å². The van der Waals surface area contributed by atoms with E-state index in [1.165, 1.54) is 0 Å². The van der Waals surface area contributed by atoms with E-state index in [9.17, 15) is 8.42 Å². The van der Waals surface area contributed by atoms with Crippen molar-refractivity contribution in [3.05, 3.63) is 54.1 Å². The van der Waals surface area contributed by atoms with Gasteiger partial charge in [-0.05, 0) is 43.2 Å². The van der Waals surface area contributed by atoms with Crippen molar-refractivity contribution >= 4 is 21.4 Å². The fourth-order valence-corrected chi connectivity index (χ4v) is 3.26. The number of anilines is 2. The number of aryl methyl sites for hydroxylation is 1. The molecule has 0 radical (unpaired) electrons. The smallest absolute Gasteiger partial charge is 0.263 e. The minimum atomic E-state index is -3.60. The van der Waals surface area contributed by atoms with E-state index in [-0.39, 0.29) is 4.90 Å². The van der Waals surface area contributed by atoms with Gasteiger partial charge in [0.25, 0.3) is 10.0 Å². The molecule has 0 bridgehead atoms. The Bertz CT molecular complexity index is 712. The van der Waals surface area contributed by atoms with E-state index < -0.39 is 10.0 Å². The highest BCUT2D eigenvalue weighted by Crippen LogP contribution is 2.23. The summed E-state index contributed by atoms with van der Waals surface area (Å²) >= 11 is 0. The average Bonchev–Trinajstić information content (AvgIpc) is 2.45. The standard InChI is InChI=1S/C16H20N2O2S/c1-3-11-17-15-9-4-5-10-16(15)21(19,20)18-14-8-6-7-13(2)12-14/h4-10,12,17-18H,3,11H2,1-2H3. The number of benzene rings is 2. The van der Waals surface area contributed by atoms with Gasteiger partial charge in [-0.3, -0.25) is 4.72 Å². The van der Waals surface area contributed by atoms with Gasteiger partial charge in [-0.15, -0.1) is 0 Å². The van der Waals surface area contributed by atoms with Crippen molar-refractivity contribution in [1.29, 1.82) is 0 Å². The molecule has 0 saturated heterocycles. The number of rotatable bonds is 6. The van der Waals surface area contributed by atoms with Gasteiger partial charge in [0.05, 0.1) is 5.69 Å². The second-order valence-corrected chi connectivity index (χ2v) is 6.55. The first-order valence-corrected chi connectivity index (χ1v) is 8.43. The molecule has 0 spiro atoms. The summed E-state index contributed by atoms with van der Waals surface area (Å²) in [6, 6.07) is 14.2. The molecule has 2 aromatic rings. The number of hydrogen-bond acceptors (Lipinski definition) is 3. The molecule has 2 aromatic carbocycles. The second-order valence-electron chi connectivity index (χ2n) is 4.90.